The first kappa shape index (κ1) is 41.7. The Labute approximate surface area is 335 Å². The van der Waals surface area contributed by atoms with Gasteiger partial charge in [0.1, 0.15) is 34.1 Å². The molecule has 2 saturated heterocycles. The van der Waals surface area contributed by atoms with Gasteiger partial charge in [0, 0.05) is 75.5 Å². The lowest BCUT2D eigenvalue weighted by Gasteiger charge is -2.40. The predicted molar refractivity (Wildman–Crippen MR) is 219 cm³/mol. The lowest BCUT2D eigenvalue weighted by atomic mass is 10.2. The first-order chi connectivity index (χ1) is 26.8. The molecule has 2 fully saturated rings. The van der Waals surface area contributed by atoms with E-state index in [2.05, 4.69) is 35.1 Å². The maximum atomic E-state index is 13.9. The number of anilines is 1. The second-order valence-corrected chi connectivity index (χ2v) is 19.5. The number of amides is 2. The van der Waals surface area contributed by atoms with Crippen molar-refractivity contribution < 1.29 is 27.5 Å². The number of allylic oxidation sites excluding steroid dienone is 1. The molecule has 17 heteroatoms. The van der Waals surface area contributed by atoms with E-state index < -0.39 is 20.2 Å². The van der Waals surface area contributed by atoms with Gasteiger partial charge >= 0.3 is 6.09 Å². The highest BCUT2D eigenvalue weighted by Gasteiger charge is 2.35. The number of nitrogens with one attached hydrogen (secondary N) is 1. The zero-order chi connectivity index (χ0) is 41.3. The number of sulfone groups is 1. The number of hydrogen-bond donors (Lipinski definition) is 1. The third-order valence-corrected chi connectivity index (χ3v) is 13.0. The normalized spacial score (nSPS) is 19.4. The molecule has 3 aromatic rings. The largest absolute Gasteiger partial charge is 0.492 e. The Morgan fingerprint density at radius 3 is 2.30 bits per heavy atom. The van der Waals surface area contributed by atoms with Gasteiger partial charge in [0.05, 0.1) is 41.5 Å². The molecular weight excluding hydrogens is 749 g/mol. The van der Waals surface area contributed by atoms with E-state index >= 15 is 0 Å². The standard InChI is InChI=1S/C40H56N10O6S/c1-26-24-49(16-17-50(26)38(52)56-39(4,5)6)35-23-42-32(22-43-35)37(51)48-14-12-47(13-15-48)11-10-18-55-33-20-30-29(19-34(33)57(53,54)40(7,8)9)36(45-25-44-30)46-31-21-41-28(3)27(31)2/h19-20,22-23,25-26,41H,10-18,21,24H2,1-9H3/t26-/m1/s1. The zero-order valence-electron chi connectivity index (χ0n) is 34.6. The summed E-state index contributed by atoms with van der Waals surface area (Å²) in [6.45, 7) is 22.3. The Morgan fingerprint density at radius 2 is 1.68 bits per heavy atom. The van der Waals surface area contributed by atoms with Gasteiger partial charge in [-0.3, -0.25) is 9.69 Å². The van der Waals surface area contributed by atoms with Gasteiger partial charge in [-0.05, 0) is 80.4 Å². The highest BCUT2D eigenvalue weighted by molar-refractivity contribution is 7.92. The van der Waals surface area contributed by atoms with E-state index in [1.54, 1.807) is 48.9 Å². The van der Waals surface area contributed by atoms with Crippen LogP contribution in [0.25, 0.3) is 10.9 Å². The Balaban J connectivity index is 1.02. The first-order valence-corrected chi connectivity index (χ1v) is 21.0. The number of carbonyl (C=O) groups excluding carboxylic acids is 2. The average molecular weight is 805 g/mol. The van der Waals surface area contributed by atoms with Gasteiger partial charge in [-0.2, -0.15) is 0 Å². The minimum absolute atomic E-state index is 0.0731. The van der Waals surface area contributed by atoms with Crippen LogP contribution in [-0.4, -0.2) is 143 Å². The summed E-state index contributed by atoms with van der Waals surface area (Å²) in [4.78, 5) is 56.6. The molecule has 57 heavy (non-hydrogen) atoms. The van der Waals surface area contributed by atoms with Crippen LogP contribution in [0.3, 0.4) is 0 Å². The van der Waals surface area contributed by atoms with Crippen molar-refractivity contribution in [3.8, 4) is 5.75 Å². The fourth-order valence-electron chi connectivity index (χ4n) is 6.90. The lowest BCUT2D eigenvalue weighted by molar-refractivity contribution is 0.0158. The van der Waals surface area contributed by atoms with E-state index in [0.717, 1.165) is 23.5 Å². The molecule has 0 bridgehead atoms. The molecule has 308 valence electrons. The summed E-state index contributed by atoms with van der Waals surface area (Å²) in [5.74, 6) is 1.16. The monoisotopic (exact) mass is 804 g/mol. The van der Waals surface area contributed by atoms with Gasteiger partial charge in [-0.1, -0.05) is 0 Å². The summed E-state index contributed by atoms with van der Waals surface area (Å²) in [6, 6.07) is 3.20. The first-order valence-electron chi connectivity index (χ1n) is 19.6. The Kier molecular flexibility index (Phi) is 12.1. The van der Waals surface area contributed by atoms with Crippen molar-refractivity contribution in [2.75, 3.05) is 70.4 Å². The molecule has 1 N–H and O–H groups in total. The van der Waals surface area contributed by atoms with E-state index in [1.165, 1.54) is 12.5 Å². The molecule has 0 spiro atoms. The van der Waals surface area contributed by atoms with Crippen LogP contribution < -0.4 is 15.0 Å². The smallest absolute Gasteiger partial charge is 0.410 e. The van der Waals surface area contributed by atoms with E-state index in [9.17, 15) is 18.0 Å². The topological polar surface area (TPSA) is 176 Å². The summed E-state index contributed by atoms with van der Waals surface area (Å²) in [5, 5.41) is 3.83. The Morgan fingerprint density at radius 1 is 0.947 bits per heavy atom. The van der Waals surface area contributed by atoms with Gasteiger partial charge in [0.25, 0.3) is 5.91 Å². The molecule has 0 aliphatic carbocycles. The molecule has 1 atom stereocenters. The molecule has 16 nitrogen and oxygen atoms in total. The molecule has 3 aliphatic heterocycles. The fraction of sp³-hybridized carbons (Fsp3) is 0.575. The van der Waals surface area contributed by atoms with Crippen LogP contribution in [-0.2, 0) is 14.6 Å². The van der Waals surface area contributed by atoms with E-state index in [0.29, 0.717) is 93.6 Å². The third kappa shape index (κ3) is 9.46. The molecule has 0 radical (unpaired) electrons. The van der Waals surface area contributed by atoms with E-state index in [1.807, 2.05) is 41.5 Å². The number of ether oxygens (including phenoxy) is 2. The zero-order valence-corrected chi connectivity index (χ0v) is 35.4. The minimum atomic E-state index is -3.81. The van der Waals surface area contributed by atoms with Crippen LogP contribution in [0.4, 0.5) is 16.4 Å². The summed E-state index contributed by atoms with van der Waals surface area (Å²) in [6.07, 6.45) is 4.92. The van der Waals surface area contributed by atoms with Crippen molar-refractivity contribution in [2.24, 2.45) is 4.99 Å². The Bertz CT molecular complexity index is 2150. The molecule has 2 aromatic heterocycles. The van der Waals surface area contributed by atoms with Gasteiger partial charge in [-0.25, -0.2) is 38.1 Å². The maximum Gasteiger partial charge on any atom is 0.410 e. The number of piperazine rings is 2. The molecule has 3 aliphatic rings. The van der Waals surface area contributed by atoms with Gasteiger partial charge in [-0.15, -0.1) is 0 Å². The Hall–Kier alpha value is -4.90. The number of benzene rings is 1. The number of carbonyl (C=O) groups is 2. The average Bonchev–Trinajstić information content (AvgIpc) is 3.47. The second-order valence-electron chi connectivity index (χ2n) is 16.9. The van der Waals surface area contributed by atoms with Crippen LogP contribution in [0, 0.1) is 0 Å². The summed E-state index contributed by atoms with van der Waals surface area (Å²) in [7, 11) is -3.81. The summed E-state index contributed by atoms with van der Waals surface area (Å²) < 4.78 is 38.4. The lowest BCUT2D eigenvalue weighted by Crippen LogP contribution is -2.55. The number of aliphatic imine (C=N–C) groups is 1. The minimum Gasteiger partial charge on any atom is -0.492 e. The highest BCUT2D eigenvalue weighted by Crippen LogP contribution is 2.37. The van der Waals surface area contributed by atoms with Crippen LogP contribution in [0.5, 0.6) is 5.75 Å². The van der Waals surface area contributed by atoms with Crippen molar-refractivity contribution in [1.29, 1.82) is 0 Å². The number of hydrogen-bond acceptors (Lipinski definition) is 14. The number of rotatable bonds is 9. The maximum absolute atomic E-state index is 13.9. The summed E-state index contributed by atoms with van der Waals surface area (Å²) in [5.41, 5.74) is 3.21. The molecule has 0 unspecified atom stereocenters. The molecule has 6 rings (SSSR count). The van der Waals surface area contributed by atoms with Gasteiger partial charge in [0.15, 0.2) is 15.7 Å². The van der Waals surface area contributed by atoms with Crippen molar-refractivity contribution in [3.05, 3.63) is 47.8 Å². The van der Waals surface area contributed by atoms with E-state index in [-0.39, 0.29) is 28.7 Å². The van der Waals surface area contributed by atoms with Crippen LogP contribution in [0.1, 0.15) is 79.2 Å². The number of nitrogens with zero attached hydrogens (tertiary/aromatic N) is 9. The number of fused-ring (bicyclic) bond motifs is 1. The third-order valence-electron chi connectivity index (χ3n) is 10.5. The quantitative estimate of drug-likeness (QED) is 0.297. The van der Waals surface area contributed by atoms with E-state index in [4.69, 9.17) is 14.5 Å². The predicted octanol–water partition coefficient (Wildman–Crippen LogP) is 4.63. The number of aromatic nitrogens is 4. The summed E-state index contributed by atoms with van der Waals surface area (Å²) >= 11 is 0. The van der Waals surface area contributed by atoms with Gasteiger partial charge in [0.2, 0.25) is 0 Å². The molecular formula is C40H56N10O6S. The SMILES string of the molecule is CC1=C(C)C(=Nc2ncnc3cc(OCCCN4CCN(C(=O)c5cnc(N6CCN(C(=O)OC(C)(C)C)[C@H](C)C6)cn5)CC4)c(S(=O)(=O)C(C)(C)C)cc23)CN1. The highest BCUT2D eigenvalue weighted by atomic mass is 32.2. The van der Waals surface area contributed by atoms with Crippen LogP contribution in [0.15, 0.2) is 52.0 Å². The fourth-order valence-corrected chi connectivity index (χ4v) is 8.22. The molecule has 1 aromatic carbocycles. The van der Waals surface area contributed by atoms with Gasteiger partial charge < -0.3 is 29.5 Å². The van der Waals surface area contributed by atoms with Crippen molar-refractivity contribution >= 4 is 50.1 Å². The molecule has 5 heterocycles. The second kappa shape index (κ2) is 16.5. The molecule has 0 saturated carbocycles. The van der Waals surface area contributed by atoms with Crippen LogP contribution in [0.2, 0.25) is 0 Å². The van der Waals surface area contributed by atoms with Crippen molar-refractivity contribution in [1.82, 2.24) is 40.0 Å². The van der Waals surface area contributed by atoms with Crippen molar-refractivity contribution in [3.63, 3.8) is 0 Å². The van der Waals surface area contributed by atoms with Crippen molar-refractivity contribution in [2.45, 2.75) is 90.0 Å². The molecule has 2 amide bonds. The van der Waals surface area contributed by atoms with Crippen LogP contribution >= 0.6 is 0 Å².